The van der Waals surface area contributed by atoms with E-state index in [-0.39, 0.29) is 18.5 Å². The second-order valence-corrected chi connectivity index (χ2v) is 8.29. The number of rotatable bonds is 7. The minimum Gasteiger partial charge on any atom is -0.459 e. The number of nitrogens with zero attached hydrogens (tertiary/aromatic N) is 6. The van der Waals surface area contributed by atoms with Crippen molar-refractivity contribution in [3.05, 3.63) is 76.7 Å². The van der Waals surface area contributed by atoms with E-state index in [2.05, 4.69) is 26.0 Å². The molecular formula is C23H20N6O2S. The molecule has 0 bridgehead atoms. The highest BCUT2D eigenvalue weighted by Gasteiger charge is 2.21. The third-order valence-electron chi connectivity index (χ3n) is 4.75. The van der Waals surface area contributed by atoms with Gasteiger partial charge in [-0.1, -0.05) is 35.6 Å². The number of aromatic nitrogens is 4. The van der Waals surface area contributed by atoms with Gasteiger partial charge in [0.1, 0.15) is 27.9 Å². The van der Waals surface area contributed by atoms with Crippen molar-refractivity contribution in [2.75, 3.05) is 14.1 Å². The van der Waals surface area contributed by atoms with Crippen molar-refractivity contribution in [3.63, 3.8) is 0 Å². The van der Waals surface area contributed by atoms with E-state index < -0.39 is 5.92 Å². The highest BCUT2D eigenvalue weighted by Crippen LogP contribution is 2.30. The molecular weight excluding hydrogens is 424 g/mol. The predicted octanol–water partition coefficient (Wildman–Crippen LogP) is 3.35. The van der Waals surface area contributed by atoms with Crippen molar-refractivity contribution in [2.24, 2.45) is 0 Å². The molecule has 0 aliphatic rings. The minimum absolute atomic E-state index is 0.0511. The molecule has 0 aliphatic carbocycles. The molecule has 0 aliphatic heterocycles. The molecule has 8 nitrogen and oxygen atoms in total. The van der Waals surface area contributed by atoms with Crippen LogP contribution in [0.25, 0.3) is 10.3 Å². The molecule has 0 radical (unpaired) electrons. The van der Waals surface area contributed by atoms with Gasteiger partial charge in [0, 0.05) is 26.5 Å². The largest absolute Gasteiger partial charge is 0.459 e. The van der Waals surface area contributed by atoms with E-state index in [1.54, 1.807) is 37.5 Å². The van der Waals surface area contributed by atoms with Crippen LogP contribution in [-0.4, -0.2) is 44.8 Å². The van der Waals surface area contributed by atoms with Crippen LogP contribution in [-0.2, 0) is 17.8 Å². The quantitative estimate of drug-likeness (QED) is 0.430. The van der Waals surface area contributed by atoms with E-state index in [1.807, 2.05) is 36.4 Å². The number of fused-ring (bicyclic) bond motifs is 1. The Balaban J connectivity index is 1.45. The van der Waals surface area contributed by atoms with Gasteiger partial charge in [0.05, 0.1) is 18.2 Å². The first-order valence-electron chi connectivity index (χ1n) is 9.88. The molecule has 1 aromatic carbocycles. The van der Waals surface area contributed by atoms with Crippen molar-refractivity contribution in [2.45, 2.75) is 18.9 Å². The van der Waals surface area contributed by atoms with Crippen LogP contribution in [0.5, 0.6) is 6.01 Å². The fraction of sp³-hybridized carbons (Fsp3) is 0.217. The summed E-state index contributed by atoms with van der Waals surface area (Å²) in [4.78, 5) is 31.6. The van der Waals surface area contributed by atoms with Gasteiger partial charge in [-0.3, -0.25) is 4.79 Å². The second kappa shape index (κ2) is 9.49. The van der Waals surface area contributed by atoms with Gasteiger partial charge in [0.2, 0.25) is 5.91 Å². The first-order valence-corrected chi connectivity index (χ1v) is 10.7. The van der Waals surface area contributed by atoms with Crippen LogP contribution < -0.4 is 4.74 Å². The van der Waals surface area contributed by atoms with Gasteiger partial charge >= 0.3 is 6.01 Å². The molecule has 3 heterocycles. The Bertz CT molecular complexity index is 1250. The Kier molecular flexibility index (Phi) is 6.33. The summed E-state index contributed by atoms with van der Waals surface area (Å²) in [6.45, 7) is 0.271. The third kappa shape index (κ3) is 4.87. The van der Waals surface area contributed by atoms with Gasteiger partial charge in [-0.05, 0) is 29.3 Å². The van der Waals surface area contributed by atoms with Crippen molar-refractivity contribution < 1.29 is 9.53 Å². The topological polar surface area (TPSA) is 105 Å². The Labute approximate surface area is 189 Å². The lowest BCUT2D eigenvalue weighted by Crippen LogP contribution is -2.23. The second-order valence-electron chi connectivity index (χ2n) is 7.28. The fourth-order valence-corrected chi connectivity index (χ4v) is 3.94. The van der Waals surface area contributed by atoms with Gasteiger partial charge in [-0.2, -0.15) is 10.2 Å². The average Bonchev–Trinajstić information content (AvgIpc) is 3.23. The van der Waals surface area contributed by atoms with E-state index in [0.29, 0.717) is 17.1 Å². The van der Waals surface area contributed by atoms with Gasteiger partial charge in [-0.15, -0.1) is 0 Å². The number of carbonyl (C=O) groups excluding carboxylic acids is 1. The van der Waals surface area contributed by atoms with Gasteiger partial charge in [-0.25, -0.2) is 15.0 Å². The van der Waals surface area contributed by atoms with E-state index in [9.17, 15) is 10.1 Å². The maximum atomic E-state index is 11.8. The van der Waals surface area contributed by atoms with E-state index in [1.165, 1.54) is 11.3 Å². The van der Waals surface area contributed by atoms with Crippen LogP contribution in [0.15, 0.2) is 54.9 Å². The van der Waals surface area contributed by atoms with Gasteiger partial charge < -0.3 is 9.64 Å². The summed E-state index contributed by atoms with van der Waals surface area (Å²) >= 11 is 1.38. The summed E-state index contributed by atoms with van der Waals surface area (Å²) in [6, 6.07) is 15.5. The Morgan fingerprint density at radius 1 is 1.09 bits per heavy atom. The minimum atomic E-state index is -0.631. The summed E-state index contributed by atoms with van der Waals surface area (Å²) in [5, 5.41) is 10.4. The maximum Gasteiger partial charge on any atom is 0.316 e. The lowest BCUT2D eigenvalue weighted by Gasteiger charge is -2.11. The van der Waals surface area contributed by atoms with Crippen LogP contribution in [0.3, 0.4) is 0 Å². The smallest absolute Gasteiger partial charge is 0.316 e. The zero-order chi connectivity index (χ0) is 22.5. The van der Waals surface area contributed by atoms with Gasteiger partial charge in [0.25, 0.3) is 0 Å². The molecule has 1 unspecified atom stereocenters. The number of likely N-dealkylation sites (N-methyl/N-ethyl adjacent to an activating group) is 1. The molecule has 4 rings (SSSR count). The number of hydrogen-bond donors (Lipinski definition) is 0. The zero-order valence-electron chi connectivity index (χ0n) is 17.6. The molecule has 4 aromatic rings. The zero-order valence-corrected chi connectivity index (χ0v) is 18.4. The molecule has 3 aromatic heterocycles. The number of hydrogen-bond acceptors (Lipinski definition) is 8. The molecule has 1 atom stereocenters. The molecule has 0 saturated heterocycles. The normalized spacial score (nSPS) is 11.7. The molecule has 0 fully saturated rings. The van der Waals surface area contributed by atoms with Crippen molar-refractivity contribution >= 4 is 27.6 Å². The lowest BCUT2D eigenvalue weighted by atomic mass is 10.1. The Morgan fingerprint density at radius 3 is 2.59 bits per heavy atom. The number of carbonyl (C=O) groups is 1. The molecule has 1 amide bonds. The number of ether oxygens (including phenoxy) is 1. The maximum absolute atomic E-state index is 11.8. The number of pyridine rings is 1. The van der Waals surface area contributed by atoms with Crippen LogP contribution in [0.2, 0.25) is 0 Å². The summed E-state index contributed by atoms with van der Waals surface area (Å²) in [5.74, 6) is -0.580. The Morgan fingerprint density at radius 2 is 1.88 bits per heavy atom. The van der Waals surface area contributed by atoms with Crippen LogP contribution in [0, 0.1) is 11.3 Å². The summed E-state index contributed by atoms with van der Waals surface area (Å²) < 4.78 is 5.75. The van der Waals surface area contributed by atoms with Crippen LogP contribution >= 0.6 is 11.3 Å². The summed E-state index contributed by atoms with van der Waals surface area (Å²) in [6.07, 6.45) is 3.63. The SMILES string of the molecule is CN(C)C(=O)Cc1ccc(COc2nccc(C(C#N)c3nc4cccnc4s3)n2)cc1. The number of thiazole rings is 1. The van der Waals surface area contributed by atoms with Crippen LogP contribution in [0.4, 0.5) is 0 Å². The summed E-state index contributed by atoms with van der Waals surface area (Å²) in [7, 11) is 3.48. The highest BCUT2D eigenvalue weighted by atomic mass is 32.1. The average molecular weight is 445 g/mol. The molecule has 0 spiro atoms. The van der Waals surface area contributed by atoms with Crippen molar-refractivity contribution in [3.8, 4) is 12.1 Å². The van der Waals surface area contributed by atoms with E-state index in [0.717, 1.165) is 21.5 Å². The van der Waals surface area contributed by atoms with Crippen LogP contribution in [0.1, 0.15) is 27.7 Å². The molecule has 0 saturated carbocycles. The van der Waals surface area contributed by atoms with E-state index in [4.69, 9.17) is 4.74 Å². The number of nitriles is 1. The standard InChI is InChI=1S/C23H20N6O2S/c1-29(2)20(30)12-15-5-7-16(8-6-15)14-31-23-26-11-9-18(28-23)17(13-24)21-27-19-4-3-10-25-22(19)32-21/h3-11,17H,12,14H2,1-2H3. The van der Waals surface area contributed by atoms with Gasteiger partial charge in [0.15, 0.2) is 0 Å². The first-order chi connectivity index (χ1) is 15.5. The summed E-state index contributed by atoms with van der Waals surface area (Å²) in [5.41, 5.74) is 3.14. The fourth-order valence-electron chi connectivity index (χ4n) is 2.98. The monoisotopic (exact) mass is 444 g/mol. The third-order valence-corrected chi connectivity index (χ3v) is 5.80. The lowest BCUT2D eigenvalue weighted by molar-refractivity contribution is -0.127. The van der Waals surface area contributed by atoms with Crippen molar-refractivity contribution in [1.29, 1.82) is 5.26 Å². The molecule has 32 heavy (non-hydrogen) atoms. The Hall–Kier alpha value is -3.90. The van der Waals surface area contributed by atoms with E-state index >= 15 is 0 Å². The number of benzene rings is 1. The number of amides is 1. The molecule has 160 valence electrons. The molecule has 0 N–H and O–H groups in total. The molecule has 9 heteroatoms. The first kappa shape index (κ1) is 21.3. The predicted molar refractivity (Wildman–Crippen MR) is 120 cm³/mol. The highest BCUT2D eigenvalue weighted by molar-refractivity contribution is 7.18. The van der Waals surface area contributed by atoms with Crippen molar-refractivity contribution in [1.82, 2.24) is 24.8 Å².